The second kappa shape index (κ2) is 7.67. The number of carboxylic acid groups (broad SMARTS) is 1. The maximum absolute atomic E-state index is 11.3. The second-order valence-corrected chi connectivity index (χ2v) is 3.37. The van der Waals surface area contributed by atoms with E-state index in [2.05, 4.69) is 10.1 Å². The summed E-state index contributed by atoms with van der Waals surface area (Å²) in [7, 11) is 1.13. The number of carbonyl (C=O) groups excluding carboxylic acids is 2. The number of ether oxygens (including phenoxy) is 1. The van der Waals surface area contributed by atoms with Crippen LogP contribution in [0.2, 0.25) is 0 Å². The summed E-state index contributed by atoms with van der Waals surface area (Å²) in [5.74, 6) is -1.42. The summed E-state index contributed by atoms with van der Waals surface area (Å²) in [6.07, 6.45) is 0.876. The number of amides is 1. The van der Waals surface area contributed by atoms with Gasteiger partial charge in [0.05, 0.1) is 7.11 Å². The summed E-state index contributed by atoms with van der Waals surface area (Å²) in [6, 6.07) is -1.21. The molecule has 0 unspecified atom stereocenters. The van der Waals surface area contributed by atoms with Crippen LogP contribution in [-0.2, 0) is 14.3 Å². The Kier molecular flexibility index (Phi) is 6.91. The van der Waals surface area contributed by atoms with E-state index in [-0.39, 0.29) is 12.2 Å². The Hall–Kier alpha value is -1.59. The van der Waals surface area contributed by atoms with Crippen molar-refractivity contribution < 1.29 is 24.2 Å². The SMILES string of the molecule is CCCCC(=O)C[C@@H](NC(=O)OC)C(=O)O. The number of hydrogen-bond acceptors (Lipinski definition) is 4. The molecule has 0 aromatic carbocycles. The molecule has 1 atom stereocenters. The van der Waals surface area contributed by atoms with Crippen LogP contribution in [0.3, 0.4) is 0 Å². The molecule has 92 valence electrons. The average Bonchev–Trinajstić information content (AvgIpc) is 2.24. The molecule has 1 amide bonds. The predicted molar refractivity (Wildman–Crippen MR) is 56.1 cm³/mol. The van der Waals surface area contributed by atoms with Crippen LogP contribution in [0.15, 0.2) is 0 Å². The molecule has 0 aromatic rings. The normalized spacial score (nSPS) is 11.6. The van der Waals surface area contributed by atoms with Gasteiger partial charge in [0, 0.05) is 12.8 Å². The summed E-state index contributed by atoms with van der Waals surface area (Å²) in [6.45, 7) is 1.94. The molecule has 0 spiro atoms. The Morgan fingerprint density at radius 1 is 1.38 bits per heavy atom. The minimum absolute atomic E-state index is 0.175. The molecular formula is C10H17NO5. The number of aliphatic carboxylic acids is 1. The van der Waals surface area contributed by atoms with Gasteiger partial charge < -0.3 is 15.2 Å². The van der Waals surface area contributed by atoms with Crippen LogP contribution in [0.25, 0.3) is 0 Å². The Labute approximate surface area is 94.0 Å². The molecule has 0 aromatic heterocycles. The summed E-state index contributed by atoms with van der Waals surface area (Å²) >= 11 is 0. The van der Waals surface area contributed by atoms with Crippen LogP contribution in [-0.4, -0.2) is 36.1 Å². The molecule has 0 aliphatic rings. The smallest absolute Gasteiger partial charge is 0.407 e. The van der Waals surface area contributed by atoms with E-state index < -0.39 is 18.1 Å². The van der Waals surface area contributed by atoms with Crippen molar-refractivity contribution in [3.05, 3.63) is 0 Å². The van der Waals surface area contributed by atoms with E-state index in [0.717, 1.165) is 20.0 Å². The molecule has 0 saturated heterocycles. The lowest BCUT2D eigenvalue weighted by Gasteiger charge is -2.12. The zero-order valence-electron chi connectivity index (χ0n) is 9.49. The molecule has 0 bridgehead atoms. The number of nitrogens with one attached hydrogen (secondary N) is 1. The van der Waals surface area contributed by atoms with Gasteiger partial charge in [0.15, 0.2) is 0 Å². The third-order valence-corrected chi connectivity index (χ3v) is 2.02. The van der Waals surface area contributed by atoms with Crippen LogP contribution < -0.4 is 5.32 Å². The van der Waals surface area contributed by atoms with Gasteiger partial charge in [0.2, 0.25) is 0 Å². The molecular weight excluding hydrogens is 214 g/mol. The topological polar surface area (TPSA) is 92.7 Å². The first-order valence-corrected chi connectivity index (χ1v) is 5.10. The number of carbonyl (C=O) groups is 3. The third-order valence-electron chi connectivity index (χ3n) is 2.02. The molecule has 0 radical (unpaired) electrons. The fraction of sp³-hybridized carbons (Fsp3) is 0.700. The van der Waals surface area contributed by atoms with Gasteiger partial charge in [-0.05, 0) is 6.42 Å². The molecule has 0 aliphatic heterocycles. The second-order valence-electron chi connectivity index (χ2n) is 3.37. The fourth-order valence-corrected chi connectivity index (χ4v) is 1.10. The van der Waals surface area contributed by atoms with Crippen LogP contribution in [0.5, 0.6) is 0 Å². The highest BCUT2D eigenvalue weighted by Crippen LogP contribution is 2.02. The van der Waals surface area contributed by atoms with Gasteiger partial charge in [0.1, 0.15) is 11.8 Å². The minimum Gasteiger partial charge on any atom is -0.480 e. The van der Waals surface area contributed by atoms with E-state index in [0.29, 0.717) is 6.42 Å². The van der Waals surface area contributed by atoms with Crippen molar-refractivity contribution in [3.63, 3.8) is 0 Å². The van der Waals surface area contributed by atoms with Gasteiger partial charge in [-0.25, -0.2) is 9.59 Å². The van der Waals surface area contributed by atoms with Crippen molar-refractivity contribution in [3.8, 4) is 0 Å². The van der Waals surface area contributed by atoms with E-state index in [9.17, 15) is 14.4 Å². The lowest BCUT2D eigenvalue weighted by molar-refractivity contribution is -0.141. The molecule has 0 heterocycles. The van der Waals surface area contributed by atoms with E-state index in [1.54, 1.807) is 0 Å². The highest BCUT2D eigenvalue weighted by atomic mass is 16.5. The summed E-state index contributed by atoms with van der Waals surface area (Å²) in [5, 5.41) is 10.9. The lowest BCUT2D eigenvalue weighted by Crippen LogP contribution is -2.42. The highest BCUT2D eigenvalue weighted by Gasteiger charge is 2.22. The number of ketones is 1. The molecule has 0 rings (SSSR count). The number of carboxylic acids is 1. The summed E-state index contributed by atoms with van der Waals surface area (Å²) in [4.78, 5) is 32.9. The minimum atomic E-state index is -1.24. The molecule has 6 nitrogen and oxygen atoms in total. The van der Waals surface area contributed by atoms with Crippen LogP contribution in [0.4, 0.5) is 4.79 Å². The van der Waals surface area contributed by atoms with Crippen LogP contribution in [0, 0.1) is 0 Å². The fourth-order valence-electron chi connectivity index (χ4n) is 1.10. The van der Waals surface area contributed by atoms with E-state index in [1.165, 1.54) is 0 Å². The standard InChI is InChI=1S/C10H17NO5/c1-3-4-5-7(12)6-8(9(13)14)11-10(15)16-2/h8H,3-6H2,1-2H3,(H,11,15)(H,13,14)/t8-/m1/s1. The Balaban J connectivity index is 4.17. The van der Waals surface area contributed by atoms with Gasteiger partial charge in [-0.15, -0.1) is 0 Å². The first kappa shape index (κ1) is 14.4. The van der Waals surface area contributed by atoms with Gasteiger partial charge in [-0.3, -0.25) is 4.79 Å². The monoisotopic (exact) mass is 231 g/mol. The van der Waals surface area contributed by atoms with E-state index in [4.69, 9.17) is 5.11 Å². The number of alkyl carbamates (subject to hydrolysis) is 1. The van der Waals surface area contributed by atoms with Crippen molar-refractivity contribution in [2.24, 2.45) is 0 Å². The molecule has 16 heavy (non-hydrogen) atoms. The van der Waals surface area contributed by atoms with Gasteiger partial charge >= 0.3 is 12.1 Å². The van der Waals surface area contributed by atoms with Gasteiger partial charge in [-0.1, -0.05) is 13.3 Å². The van der Waals surface area contributed by atoms with Crippen molar-refractivity contribution in [2.45, 2.75) is 38.6 Å². The number of methoxy groups -OCH3 is 1. The van der Waals surface area contributed by atoms with E-state index >= 15 is 0 Å². The third kappa shape index (κ3) is 6.00. The number of Topliss-reactive ketones (excluding diaryl/α,β-unsaturated/α-hetero) is 1. The number of rotatable bonds is 7. The zero-order chi connectivity index (χ0) is 12.6. The lowest BCUT2D eigenvalue weighted by atomic mass is 10.1. The van der Waals surface area contributed by atoms with Gasteiger partial charge in [-0.2, -0.15) is 0 Å². The van der Waals surface area contributed by atoms with Crippen molar-refractivity contribution in [1.82, 2.24) is 5.32 Å². The van der Waals surface area contributed by atoms with Crippen LogP contribution >= 0.6 is 0 Å². The highest BCUT2D eigenvalue weighted by molar-refractivity contribution is 5.88. The first-order valence-electron chi connectivity index (χ1n) is 5.10. The average molecular weight is 231 g/mol. The maximum Gasteiger partial charge on any atom is 0.407 e. The summed E-state index contributed by atoms with van der Waals surface area (Å²) in [5.41, 5.74) is 0. The number of unbranched alkanes of at least 4 members (excludes halogenated alkanes) is 1. The van der Waals surface area contributed by atoms with Crippen LogP contribution in [0.1, 0.15) is 32.6 Å². The Morgan fingerprint density at radius 3 is 2.44 bits per heavy atom. The molecule has 0 aliphatic carbocycles. The van der Waals surface area contributed by atoms with Crippen molar-refractivity contribution >= 4 is 17.8 Å². The molecule has 0 fully saturated rings. The Morgan fingerprint density at radius 2 is 2.00 bits per heavy atom. The molecule has 6 heteroatoms. The predicted octanol–water partition coefficient (Wildman–Crippen LogP) is 0.945. The quantitative estimate of drug-likeness (QED) is 0.680. The van der Waals surface area contributed by atoms with Crippen molar-refractivity contribution in [2.75, 3.05) is 7.11 Å². The van der Waals surface area contributed by atoms with Crippen molar-refractivity contribution in [1.29, 1.82) is 0 Å². The molecule has 2 N–H and O–H groups in total. The Bertz CT molecular complexity index is 264. The maximum atomic E-state index is 11.3. The first-order chi connectivity index (χ1) is 7.51. The largest absolute Gasteiger partial charge is 0.480 e. The molecule has 0 saturated carbocycles. The van der Waals surface area contributed by atoms with Gasteiger partial charge in [0.25, 0.3) is 0 Å². The number of hydrogen-bond donors (Lipinski definition) is 2. The van der Waals surface area contributed by atoms with E-state index in [1.807, 2.05) is 6.92 Å². The summed E-state index contributed by atoms with van der Waals surface area (Å²) < 4.78 is 4.27. The zero-order valence-corrected chi connectivity index (χ0v) is 9.49.